The first-order chi connectivity index (χ1) is 19.4. The van der Waals surface area contributed by atoms with Crippen LogP contribution in [0.1, 0.15) is 27.4 Å². The van der Waals surface area contributed by atoms with E-state index in [-0.39, 0.29) is 16.7 Å². The molecule has 3 aromatic carbocycles. The van der Waals surface area contributed by atoms with Gasteiger partial charge in [-0.15, -0.1) is 0 Å². The van der Waals surface area contributed by atoms with Crippen molar-refractivity contribution in [3.8, 4) is 0 Å². The number of rotatable bonds is 9. The minimum absolute atomic E-state index is 0.0962. The lowest BCUT2D eigenvalue weighted by molar-refractivity contribution is -0.326. The van der Waals surface area contributed by atoms with E-state index in [9.17, 15) is 39.6 Å². The molecule has 0 aromatic heterocycles. The Bertz CT molecular complexity index is 1610. The van der Waals surface area contributed by atoms with Gasteiger partial charge in [-0.1, -0.05) is 88.7 Å². The third kappa shape index (κ3) is 5.11. The summed E-state index contributed by atoms with van der Waals surface area (Å²) in [5, 5.41) is -13.2. The zero-order valence-corrected chi connectivity index (χ0v) is 23.7. The van der Waals surface area contributed by atoms with E-state index in [2.05, 4.69) is 27.5 Å². The average Bonchev–Trinajstić information content (AvgIpc) is 3.34. The molecule has 42 heavy (non-hydrogen) atoms. The van der Waals surface area contributed by atoms with Gasteiger partial charge in [0.15, 0.2) is 6.10 Å². The minimum atomic E-state index is -7.25. The Kier molecular flexibility index (Phi) is 8.33. The first-order valence-corrected chi connectivity index (χ1v) is 14.3. The third-order valence-electron chi connectivity index (χ3n) is 6.38. The molecule has 4 nitrogen and oxygen atoms in total. The number of ether oxygens (including phenoxy) is 1. The Balaban J connectivity index is 2.04. The smallest absolute Gasteiger partial charge is 0.417 e. The van der Waals surface area contributed by atoms with Crippen LogP contribution in [0.3, 0.4) is 0 Å². The predicted octanol–water partition coefficient (Wildman–Crippen LogP) is 8.29. The molecule has 0 N–H and O–H groups in total. The maximum absolute atomic E-state index is 15.4. The number of carbonyl (C=O) groups excluding carboxylic acids is 1. The van der Waals surface area contributed by atoms with Gasteiger partial charge in [-0.2, -0.15) is 35.1 Å². The molecule has 3 aromatic rings. The summed E-state index contributed by atoms with van der Waals surface area (Å²) >= 11 is 7.17. The summed E-state index contributed by atoms with van der Waals surface area (Å²) in [4.78, 5) is 11.9. The molecular formula is C27H16BrClF8O4S. The van der Waals surface area contributed by atoms with Gasteiger partial charge in [0.25, 0.3) is 9.84 Å². The van der Waals surface area contributed by atoms with Crippen molar-refractivity contribution in [2.45, 2.75) is 34.5 Å². The average molecular weight is 704 g/mol. The monoisotopic (exact) mass is 702 g/mol. The molecule has 4 rings (SSSR count). The molecule has 0 amide bonds. The Morgan fingerprint density at radius 2 is 1.26 bits per heavy atom. The van der Waals surface area contributed by atoms with Crippen LogP contribution in [0.4, 0.5) is 35.1 Å². The Morgan fingerprint density at radius 3 is 1.76 bits per heavy atom. The molecule has 0 fully saturated rings. The normalized spacial score (nSPS) is 18.6. The summed E-state index contributed by atoms with van der Waals surface area (Å²) in [5.74, 6) is -18.4. The van der Waals surface area contributed by atoms with Crippen LogP contribution in [0, 0.1) is 0 Å². The highest BCUT2D eigenvalue weighted by Crippen LogP contribution is 2.59. The van der Waals surface area contributed by atoms with Crippen molar-refractivity contribution in [2.24, 2.45) is 0 Å². The number of hydrogen-bond donors (Lipinski definition) is 0. The molecular weight excluding hydrogens is 688 g/mol. The van der Waals surface area contributed by atoms with Crippen LogP contribution in [0.5, 0.6) is 0 Å². The molecule has 0 saturated carbocycles. The summed E-state index contributed by atoms with van der Waals surface area (Å²) in [6, 6.07) is 18.1. The maximum atomic E-state index is 15.4. The van der Waals surface area contributed by atoms with Gasteiger partial charge in [0, 0.05) is 15.6 Å². The second kappa shape index (κ2) is 10.9. The van der Waals surface area contributed by atoms with Crippen molar-refractivity contribution < 1.29 is 53.1 Å². The summed E-state index contributed by atoms with van der Waals surface area (Å²) in [7, 11) is -7.06. The summed E-state index contributed by atoms with van der Waals surface area (Å²) < 4.78 is 148. The van der Waals surface area contributed by atoms with Gasteiger partial charge in [-0.3, -0.25) is 4.79 Å². The lowest BCUT2D eigenvalue weighted by Gasteiger charge is -2.34. The van der Waals surface area contributed by atoms with E-state index in [1.807, 2.05) is 0 Å². The molecule has 1 heterocycles. The van der Waals surface area contributed by atoms with Gasteiger partial charge in [0.1, 0.15) is 10.7 Å². The molecule has 0 aliphatic carbocycles. The molecule has 0 saturated heterocycles. The topological polar surface area (TPSA) is 60.4 Å². The molecule has 0 bridgehead atoms. The number of hydrogen-bond acceptors (Lipinski definition) is 4. The molecule has 2 atom stereocenters. The highest BCUT2D eigenvalue weighted by Gasteiger charge is 2.85. The zero-order valence-electron chi connectivity index (χ0n) is 20.6. The largest absolute Gasteiger partial charge is 0.480 e. The summed E-state index contributed by atoms with van der Waals surface area (Å²) in [5.41, 5.74) is -0.637. The number of Topliss-reactive ketones (excluding diaryl/α,β-unsaturated/α-hetero) is 1. The van der Waals surface area contributed by atoms with Crippen LogP contribution in [0.15, 0.2) is 94.3 Å². The fraction of sp³-hybridized carbons (Fsp3) is 0.222. The number of alkyl halides is 9. The van der Waals surface area contributed by atoms with E-state index >= 15 is 8.78 Å². The Morgan fingerprint density at radius 1 is 0.762 bits per heavy atom. The fourth-order valence-electron chi connectivity index (χ4n) is 4.26. The van der Waals surface area contributed by atoms with E-state index in [1.54, 1.807) is 0 Å². The SMILES string of the molecule is O=C(c1ccccc1)[C@@H]1OC(c2ccccc2)=C(S(=O)(=O)C(F)(F)C(F)(F)C(F)(F)C(F)(F)Cl)[C@H]1c1ccc(Br)cc1. The van der Waals surface area contributed by atoms with Crippen LogP contribution in [0.25, 0.3) is 5.76 Å². The van der Waals surface area contributed by atoms with Crippen molar-refractivity contribution in [2.75, 3.05) is 0 Å². The number of halogens is 10. The van der Waals surface area contributed by atoms with Crippen molar-refractivity contribution in [3.05, 3.63) is 111 Å². The van der Waals surface area contributed by atoms with Crippen LogP contribution in [0.2, 0.25) is 0 Å². The van der Waals surface area contributed by atoms with Crippen LogP contribution >= 0.6 is 27.5 Å². The molecule has 15 heteroatoms. The molecule has 0 unspecified atom stereocenters. The molecule has 224 valence electrons. The lowest BCUT2D eigenvalue weighted by atomic mass is 9.89. The van der Waals surface area contributed by atoms with Crippen LogP contribution in [-0.4, -0.2) is 42.8 Å². The van der Waals surface area contributed by atoms with Gasteiger partial charge in [0.05, 0.1) is 5.92 Å². The standard InChI is InChI=1S/C27H16BrClF8O4S/c28-18-13-11-15(12-14-18)19-22(20(38)16-7-3-1-4-8-16)41-21(17-9-5-2-6-10-17)23(19)42(39,40)27(36,37)25(32,33)24(30,31)26(29,34)35/h1-14,19,22H/t19-,22+/m0/s1. The molecule has 0 spiro atoms. The molecule has 0 radical (unpaired) electrons. The van der Waals surface area contributed by atoms with Crippen molar-refractivity contribution in [1.29, 1.82) is 0 Å². The lowest BCUT2D eigenvalue weighted by Crippen LogP contribution is -2.63. The van der Waals surface area contributed by atoms with E-state index in [0.717, 1.165) is 24.3 Å². The highest BCUT2D eigenvalue weighted by molar-refractivity contribution is 9.10. The van der Waals surface area contributed by atoms with E-state index < -0.39 is 60.8 Å². The van der Waals surface area contributed by atoms with Gasteiger partial charge in [-0.25, -0.2) is 8.42 Å². The first kappa shape index (κ1) is 32.0. The number of benzene rings is 3. The molecule has 1 aliphatic rings. The van der Waals surface area contributed by atoms with E-state index in [4.69, 9.17) is 4.74 Å². The van der Waals surface area contributed by atoms with E-state index in [1.165, 1.54) is 60.7 Å². The van der Waals surface area contributed by atoms with Crippen molar-refractivity contribution in [3.63, 3.8) is 0 Å². The second-order valence-corrected chi connectivity index (χ2v) is 12.4. The predicted molar refractivity (Wildman–Crippen MR) is 140 cm³/mol. The Labute approximate surface area is 247 Å². The first-order valence-electron chi connectivity index (χ1n) is 11.6. The van der Waals surface area contributed by atoms with Crippen LogP contribution < -0.4 is 0 Å². The van der Waals surface area contributed by atoms with Gasteiger partial charge in [-0.05, 0) is 29.3 Å². The van der Waals surface area contributed by atoms with Crippen molar-refractivity contribution in [1.82, 2.24) is 0 Å². The fourth-order valence-corrected chi connectivity index (χ4v) is 6.39. The highest BCUT2D eigenvalue weighted by atomic mass is 79.9. The van der Waals surface area contributed by atoms with Gasteiger partial charge >= 0.3 is 22.5 Å². The third-order valence-corrected chi connectivity index (χ3v) is 9.09. The van der Waals surface area contributed by atoms with Gasteiger partial charge < -0.3 is 4.74 Å². The quantitative estimate of drug-likeness (QED) is 0.128. The van der Waals surface area contributed by atoms with Gasteiger partial charge in [0.2, 0.25) is 5.78 Å². The number of carbonyl (C=O) groups is 1. The zero-order chi connectivity index (χ0) is 31.3. The minimum Gasteiger partial charge on any atom is -0.480 e. The number of sulfone groups is 1. The summed E-state index contributed by atoms with van der Waals surface area (Å²) in [6.07, 6.45) is -1.99. The Hall–Kier alpha value is -2.97. The van der Waals surface area contributed by atoms with E-state index in [0.29, 0.717) is 4.47 Å². The number of ketones is 1. The van der Waals surface area contributed by atoms with Crippen LogP contribution in [-0.2, 0) is 14.6 Å². The second-order valence-electron chi connectivity index (χ2n) is 9.02. The molecule has 1 aliphatic heterocycles. The summed E-state index contributed by atoms with van der Waals surface area (Å²) in [6.45, 7) is 0. The maximum Gasteiger partial charge on any atom is 0.417 e. The van der Waals surface area contributed by atoms with Crippen molar-refractivity contribution >= 4 is 48.9 Å².